The molecule has 0 saturated carbocycles. The van der Waals surface area contributed by atoms with Crippen LogP contribution in [0.2, 0.25) is 0 Å². The van der Waals surface area contributed by atoms with E-state index < -0.39 is 12.1 Å². The van der Waals surface area contributed by atoms with Crippen LogP contribution < -0.4 is 5.32 Å². The molecule has 2 unspecified atom stereocenters. The van der Waals surface area contributed by atoms with E-state index in [9.17, 15) is 15.0 Å². The second-order valence-corrected chi connectivity index (χ2v) is 19.0. The minimum Gasteiger partial charge on any atom is -0.394 e. The molecule has 0 radical (unpaired) electrons. The molecule has 4 heteroatoms. The Morgan fingerprint density at radius 1 is 0.385 bits per heavy atom. The van der Waals surface area contributed by atoms with Crippen LogP contribution in [0.4, 0.5) is 0 Å². The van der Waals surface area contributed by atoms with Gasteiger partial charge in [-0.3, -0.25) is 4.79 Å². The number of allylic oxidation sites excluding steroid dienone is 13. The van der Waals surface area contributed by atoms with Gasteiger partial charge in [-0.1, -0.05) is 272 Å². The van der Waals surface area contributed by atoms with Crippen LogP contribution in [0, 0.1) is 0 Å². The third-order valence-electron chi connectivity index (χ3n) is 12.6. The molecule has 0 saturated heterocycles. The van der Waals surface area contributed by atoms with Gasteiger partial charge in [-0.2, -0.15) is 0 Å². The van der Waals surface area contributed by atoms with Gasteiger partial charge in [-0.15, -0.1) is 0 Å². The van der Waals surface area contributed by atoms with E-state index in [1.807, 2.05) is 6.08 Å². The van der Waals surface area contributed by atoms with Gasteiger partial charge < -0.3 is 15.5 Å². The van der Waals surface area contributed by atoms with Crippen LogP contribution in [0.3, 0.4) is 0 Å². The number of nitrogens with one attached hydrogen (secondary N) is 1. The van der Waals surface area contributed by atoms with Crippen molar-refractivity contribution in [1.82, 2.24) is 5.32 Å². The number of amides is 1. The molecule has 0 aromatic carbocycles. The third kappa shape index (κ3) is 52.4. The highest BCUT2D eigenvalue weighted by molar-refractivity contribution is 5.76. The lowest BCUT2D eigenvalue weighted by atomic mass is 10.0. The molecule has 0 aliphatic carbocycles. The molecular formula is C61H109NO3. The second-order valence-electron chi connectivity index (χ2n) is 19.0. The highest BCUT2D eigenvalue weighted by atomic mass is 16.3. The summed E-state index contributed by atoms with van der Waals surface area (Å²) >= 11 is 0. The summed E-state index contributed by atoms with van der Waals surface area (Å²) in [5, 5.41) is 23.1. The van der Waals surface area contributed by atoms with Crippen molar-refractivity contribution in [3.63, 3.8) is 0 Å². The van der Waals surface area contributed by atoms with E-state index in [0.717, 1.165) is 64.2 Å². The van der Waals surface area contributed by atoms with Gasteiger partial charge in [-0.25, -0.2) is 0 Å². The van der Waals surface area contributed by atoms with E-state index in [-0.39, 0.29) is 12.5 Å². The SMILES string of the molecule is CC/C=C\C/C=C\C/C=C\C/C=C\CCCCCCCCCCCCCCCCCCCCCCCCCCC(=O)NC(CO)C(O)/C=C/CC/C=C/CC/C=C/CCCCCCCC. The van der Waals surface area contributed by atoms with E-state index in [1.165, 1.54) is 193 Å². The molecule has 0 bridgehead atoms. The summed E-state index contributed by atoms with van der Waals surface area (Å²) in [4.78, 5) is 12.4. The normalized spacial score (nSPS) is 13.5. The van der Waals surface area contributed by atoms with Gasteiger partial charge in [0.05, 0.1) is 18.8 Å². The van der Waals surface area contributed by atoms with E-state index in [2.05, 4.69) is 92.1 Å². The average Bonchev–Trinajstić information content (AvgIpc) is 3.31. The zero-order valence-corrected chi connectivity index (χ0v) is 43.2. The Bertz CT molecular complexity index is 1160. The summed E-state index contributed by atoms with van der Waals surface area (Å²) in [7, 11) is 0. The second kappa shape index (κ2) is 55.9. The van der Waals surface area contributed by atoms with Crippen LogP contribution in [0.5, 0.6) is 0 Å². The Hall–Kier alpha value is -2.43. The largest absolute Gasteiger partial charge is 0.394 e. The van der Waals surface area contributed by atoms with Crippen LogP contribution in [0.1, 0.15) is 277 Å². The number of carbonyl (C=O) groups excluding carboxylic acids is 1. The molecule has 0 aromatic heterocycles. The van der Waals surface area contributed by atoms with E-state index in [4.69, 9.17) is 0 Å². The molecule has 0 fully saturated rings. The van der Waals surface area contributed by atoms with Crippen molar-refractivity contribution in [1.29, 1.82) is 0 Å². The molecule has 4 nitrogen and oxygen atoms in total. The van der Waals surface area contributed by atoms with Crippen molar-refractivity contribution < 1.29 is 15.0 Å². The van der Waals surface area contributed by atoms with Crippen molar-refractivity contribution in [2.45, 2.75) is 289 Å². The maximum absolute atomic E-state index is 12.4. The van der Waals surface area contributed by atoms with Crippen molar-refractivity contribution in [2.75, 3.05) is 6.61 Å². The Balaban J connectivity index is 3.46. The average molecular weight is 905 g/mol. The van der Waals surface area contributed by atoms with Crippen LogP contribution in [0.15, 0.2) is 85.1 Å². The van der Waals surface area contributed by atoms with Crippen LogP contribution in [0.25, 0.3) is 0 Å². The predicted molar refractivity (Wildman–Crippen MR) is 290 cm³/mol. The standard InChI is InChI=1S/C61H109NO3/c1-3-5-7-9-11-13-15-17-19-21-22-23-24-25-26-27-28-29-30-31-32-33-34-35-36-37-38-39-40-41-43-45-47-49-51-53-55-57-61(65)62-59(58-63)60(64)56-54-52-50-48-46-44-42-20-18-16-14-12-10-8-6-4-2/h5,7,11,13,17-20,22-23,46,48,54,56,59-60,63-64H,3-4,6,8-10,12,14-16,21,24-45,47,49-53,55,57-58H2,1-2H3,(H,62,65)/b7-5-,13-11-,19-17-,20-18+,23-22-,48-46+,56-54+. The van der Waals surface area contributed by atoms with Gasteiger partial charge in [0.1, 0.15) is 0 Å². The first-order chi connectivity index (χ1) is 32.2. The van der Waals surface area contributed by atoms with Crippen molar-refractivity contribution in [3.05, 3.63) is 85.1 Å². The minimum absolute atomic E-state index is 0.0762. The molecule has 376 valence electrons. The van der Waals surface area contributed by atoms with Gasteiger partial charge in [0.15, 0.2) is 0 Å². The van der Waals surface area contributed by atoms with E-state index in [1.54, 1.807) is 6.08 Å². The number of aliphatic hydroxyl groups excluding tert-OH is 2. The van der Waals surface area contributed by atoms with E-state index in [0.29, 0.717) is 6.42 Å². The topological polar surface area (TPSA) is 69.6 Å². The zero-order valence-electron chi connectivity index (χ0n) is 43.2. The molecule has 0 heterocycles. The highest BCUT2D eigenvalue weighted by Crippen LogP contribution is 2.17. The fraction of sp³-hybridized carbons (Fsp3) is 0.754. The number of carbonyl (C=O) groups is 1. The van der Waals surface area contributed by atoms with Crippen LogP contribution >= 0.6 is 0 Å². The summed E-state index contributed by atoms with van der Waals surface area (Å²) in [5.74, 6) is -0.0762. The quantitative estimate of drug-likeness (QED) is 0.0421. The van der Waals surface area contributed by atoms with Gasteiger partial charge in [0.25, 0.3) is 0 Å². The van der Waals surface area contributed by atoms with Gasteiger partial charge >= 0.3 is 0 Å². The van der Waals surface area contributed by atoms with Gasteiger partial charge in [-0.05, 0) is 83.5 Å². The lowest BCUT2D eigenvalue weighted by molar-refractivity contribution is -0.123. The smallest absolute Gasteiger partial charge is 0.220 e. The number of rotatable bonds is 51. The first kappa shape index (κ1) is 62.6. The zero-order chi connectivity index (χ0) is 47.0. The lowest BCUT2D eigenvalue weighted by Crippen LogP contribution is -2.45. The summed E-state index contributed by atoms with van der Waals surface area (Å²) in [5.41, 5.74) is 0. The summed E-state index contributed by atoms with van der Waals surface area (Å²) in [6, 6.07) is -0.647. The Morgan fingerprint density at radius 2 is 0.692 bits per heavy atom. The molecular weight excluding hydrogens is 795 g/mol. The molecule has 0 aromatic rings. The molecule has 0 spiro atoms. The number of hydrogen-bond acceptors (Lipinski definition) is 3. The Kier molecular flexibility index (Phi) is 53.8. The predicted octanol–water partition coefficient (Wildman–Crippen LogP) is 18.8. The van der Waals surface area contributed by atoms with Crippen molar-refractivity contribution >= 4 is 5.91 Å². The third-order valence-corrected chi connectivity index (χ3v) is 12.6. The first-order valence-corrected chi connectivity index (χ1v) is 28.3. The molecule has 1 amide bonds. The maximum atomic E-state index is 12.4. The first-order valence-electron chi connectivity index (χ1n) is 28.3. The van der Waals surface area contributed by atoms with Gasteiger partial charge in [0.2, 0.25) is 5.91 Å². The number of hydrogen-bond donors (Lipinski definition) is 3. The monoisotopic (exact) mass is 904 g/mol. The summed E-state index contributed by atoms with van der Waals surface area (Å²) in [6.07, 6.45) is 81.9. The maximum Gasteiger partial charge on any atom is 0.220 e. The summed E-state index contributed by atoms with van der Waals surface area (Å²) < 4.78 is 0. The fourth-order valence-corrected chi connectivity index (χ4v) is 8.32. The molecule has 2 atom stereocenters. The van der Waals surface area contributed by atoms with Crippen LogP contribution in [-0.4, -0.2) is 34.9 Å². The number of aliphatic hydroxyl groups is 2. The summed E-state index contributed by atoms with van der Waals surface area (Å²) in [6.45, 7) is 4.18. The fourth-order valence-electron chi connectivity index (χ4n) is 8.32. The minimum atomic E-state index is -0.871. The highest BCUT2D eigenvalue weighted by Gasteiger charge is 2.18. The molecule has 65 heavy (non-hydrogen) atoms. The van der Waals surface area contributed by atoms with Crippen LogP contribution in [-0.2, 0) is 4.79 Å². The van der Waals surface area contributed by atoms with Gasteiger partial charge in [0, 0.05) is 6.42 Å². The molecule has 0 aliphatic heterocycles. The Labute approximate surface area is 405 Å². The molecule has 3 N–H and O–H groups in total. The Morgan fingerprint density at radius 3 is 1.08 bits per heavy atom. The molecule has 0 aliphatic rings. The number of unbranched alkanes of at least 4 members (excludes halogenated alkanes) is 32. The molecule has 0 rings (SSSR count). The van der Waals surface area contributed by atoms with Crippen molar-refractivity contribution in [3.8, 4) is 0 Å². The van der Waals surface area contributed by atoms with E-state index >= 15 is 0 Å². The lowest BCUT2D eigenvalue weighted by Gasteiger charge is -2.19. The van der Waals surface area contributed by atoms with Crippen molar-refractivity contribution in [2.24, 2.45) is 0 Å².